The van der Waals surface area contributed by atoms with Gasteiger partial charge in [0.05, 0.1) is 18.3 Å². The van der Waals surface area contributed by atoms with Crippen LogP contribution in [0.2, 0.25) is 0 Å². The van der Waals surface area contributed by atoms with Crippen LogP contribution in [-0.4, -0.2) is 28.8 Å². The summed E-state index contributed by atoms with van der Waals surface area (Å²) >= 11 is 0. The van der Waals surface area contributed by atoms with Gasteiger partial charge < -0.3 is 11.1 Å². The van der Waals surface area contributed by atoms with E-state index < -0.39 is 0 Å². The molecule has 84 valence electrons. The molecule has 1 aromatic rings. The zero-order valence-electron chi connectivity index (χ0n) is 9.23. The van der Waals surface area contributed by atoms with E-state index in [4.69, 9.17) is 5.73 Å². The van der Waals surface area contributed by atoms with Gasteiger partial charge in [0, 0.05) is 19.3 Å². The molecule has 3 N–H and O–H groups in total. The molecule has 1 amide bonds. The van der Waals surface area contributed by atoms with Crippen LogP contribution in [0.5, 0.6) is 0 Å². The minimum absolute atomic E-state index is 0.0769. The van der Waals surface area contributed by atoms with Gasteiger partial charge in [-0.3, -0.25) is 9.48 Å². The second-order valence-corrected chi connectivity index (χ2v) is 3.88. The highest BCUT2D eigenvalue weighted by molar-refractivity contribution is 5.93. The van der Waals surface area contributed by atoms with Crippen molar-refractivity contribution in [2.75, 3.05) is 13.1 Å². The number of carbonyl (C=O) groups excluding carboxylic acids is 1. The third-order valence-electron chi connectivity index (χ3n) is 1.92. The van der Waals surface area contributed by atoms with E-state index in [1.807, 2.05) is 0 Å². The van der Waals surface area contributed by atoms with Crippen molar-refractivity contribution in [1.29, 1.82) is 0 Å². The van der Waals surface area contributed by atoms with Gasteiger partial charge >= 0.3 is 0 Å². The van der Waals surface area contributed by atoms with E-state index in [-0.39, 0.29) is 5.91 Å². The Kier molecular flexibility index (Phi) is 4.30. The number of hydrogen-bond acceptors (Lipinski definition) is 3. The van der Waals surface area contributed by atoms with E-state index >= 15 is 0 Å². The lowest BCUT2D eigenvalue weighted by Crippen LogP contribution is -2.26. The fourth-order valence-electron chi connectivity index (χ4n) is 1.13. The van der Waals surface area contributed by atoms with Gasteiger partial charge in [-0.2, -0.15) is 5.10 Å². The van der Waals surface area contributed by atoms with E-state index in [0.717, 1.165) is 0 Å². The first-order valence-electron chi connectivity index (χ1n) is 5.14. The Morgan fingerprint density at radius 2 is 2.40 bits per heavy atom. The summed E-state index contributed by atoms with van der Waals surface area (Å²) in [5.41, 5.74) is 5.97. The van der Waals surface area contributed by atoms with E-state index in [1.54, 1.807) is 17.1 Å². The van der Waals surface area contributed by atoms with Gasteiger partial charge in [0.15, 0.2) is 0 Å². The zero-order valence-corrected chi connectivity index (χ0v) is 9.23. The molecule has 1 heterocycles. The van der Waals surface area contributed by atoms with Gasteiger partial charge in [0.25, 0.3) is 5.91 Å². The molecule has 0 atom stereocenters. The maximum atomic E-state index is 11.6. The van der Waals surface area contributed by atoms with Gasteiger partial charge in [0.1, 0.15) is 0 Å². The molecule has 5 heteroatoms. The number of aromatic nitrogens is 2. The summed E-state index contributed by atoms with van der Waals surface area (Å²) in [4.78, 5) is 11.6. The SMILES string of the molecule is CC(C)CNC(=O)c1cnn(CCN)c1. The van der Waals surface area contributed by atoms with Crippen molar-refractivity contribution in [1.82, 2.24) is 15.1 Å². The zero-order chi connectivity index (χ0) is 11.3. The van der Waals surface area contributed by atoms with E-state index in [1.165, 1.54) is 0 Å². The first kappa shape index (κ1) is 11.7. The predicted molar refractivity (Wildman–Crippen MR) is 58.5 cm³/mol. The van der Waals surface area contributed by atoms with Crippen LogP contribution in [0.4, 0.5) is 0 Å². The van der Waals surface area contributed by atoms with Crippen LogP contribution in [-0.2, 0) is 6.54 Å². The smallest absolute Gasteiger partial charge is 0.254 e. The maximum Gasteiger partial charge on any atom is 0.254 e. The molecule has 1 rings (SSSR count). The first-order chi connectivity index (χ1) is 7.13. The Labute approximate surface area is 89.6 Å². The summed E-state index contributed by atoms with van der Waals surface area (Å²) < 4.78 is 1.67. The Balaban J connectivity index is 2.50. The number of amides is 1. The molecule has 0 spiro atoms. The summed E-state index contributed by atoms with van der Waals surface area (Å²) in [5, 5.41) is 6.86. The standard InChI is InChI=1S/C10H18N4O/c1-8(2)5-12-10(15)9-6-13-14(7-9)4-3-11/h6-8H,3-5,11H2,1-2H3,(H,12,15). The molecule has 0 aliphatic heterocycles. The molecule has 1 aromatic heterocycles. The summed E-state index contributed by atoms with van der Waals surface area (Å²) in [6, 6.07) is 0. The molecule has 0 bridgehead atoms. The molecule has 0 fully saturated rings. The van der Waals surface area contributed by atoms with Gasteiger partial charge in [-0.15, -0.1) is 0 Å². The normalized spacial score (nSPS) is 10.7. The lowest BCUT2D eigenvalue weighted by Gasteiger charge is -2.05. The van der Waals surface area contributed by atoms with Crippen LogP contribution in [0.25, 0.3) is 0 Å². The molecule has 0 unspecified atom stereocenters. The van der Waals surface area contributed by atoms with Gasteiger partial charge in [-0.05, 0) is 5.92 Å². The molecule has 0 saturated carbocycles. The second kappa shape index (κ2) is 5.50. The van der Waals surface area contributed by atoms with Gasteiger partial charge in [-0.25, -0.2) is 0 Å². The van der Waals surface area contributed by atoms with Crippen molar-refractivity contribution in [3.05, 3.63) is 18.0 Å². The Bertz CT molecular complexity index is 319. The van der Waals surface area contributed by atoms with Crippen LogP contribution in [0.3, 0.4) is 0 Å². The summed E-state index contributed by atoms with van der Waals surface area (Å²) in [6.07, 6.45) is 3.27. The summed E-state index contributed by atoms with van der Waals surface area (Å²) in [7, 11) is 0. The Morgan fingerprint density at radius 3 is 3.00 bits per heavy atom. The van der Waals surface area contributed by atoms with Crippen molar-refractivity contribution in [2.24, 2.45) is 11.7 Å². The molecule has 15 heavy (non-hydrogen) atoms. The molecule has 5 nitrogen and oxygen atoms in total. The van der Waals surface area contributed by atoms with Crippen molar-refractivity contribution >= 4 is 5.91 Å². The van der Waals surface area contributed by atoms with Crippen molar-refractivity contribution < 1.29 is 4.79 Å². The maximum absolute atomic E-state index is 11.6. The fraction of sp³-hybridized carbons (Fsp3) is 0.600. The van der Waals surface area contributed by atoms with E-state index in [0.29, 0.717) is 31.1 Å². The highest BCUT2D eigenvalue weighted by atomic mass is 16.1. The van der Waals surface area contributed by atoms with E-state index in [9.17, 15) is 4.79 Å². The van der Waals surface area contributed by atoms with E-state index in [2.05, 4.69) is 24.3 Å². The summed E-state index contributed by atoms with van der Waals surface area (Å²) in [6.45, 7) is 5.95. The van der Waals surface area contributed by atoms with Crippen LogP contribution in [0.15, 0.2) is 12.4 Å². The number of rotatable bonds is 5. The number of nitrogens with zero attached hydrogens (tertiary/aromatic N) is 2. The highest BCUT2D eigenvalue weighted by Crippen LogP contribution is 1.98. The van der Waals surface area contributed by atoms with Crippen molar-refractivity contribution in [3.63, 3.8) is 0 Å². The minimum Gasteiger partial charge on any atom is -0.352 e. The topological polar surface area (TPSA) is 72.9 Å². The lowest BCUT2D eigenvalue weighted by atomic mass is 10.2. The molecular formula is C10H18N4O. The number of nitrogens with two attached hydrogens (primary N) is 1. The Morgan fingerprint density at radius 1 is 1.67 bits per heavy atom. The molecule has 0 aromatic carbocycles. The third-order valence-corrected chi connectivity index (χ3v) is 1.92. The molecular weight excluding hydrogens is 192 g/mol. The minimum atomic E-state index is -0.0769. The predicted octanol–water partition coefficient (Wildman–Crippen LogP) is 0.228. The molecule has 0 radical (unpaired) electrons. The summed E-state index contributed by atoms with van der Waals surface area (Å²) in [5.74, 6) is 0.375. The molecule has 0 saturated heterocycles. The average Bonchev–Trinajstić information content (AvgIpc) is 2.63. The quantitative estimate of drug-likeness (QED) is 0.730. The van der Waals surface area contributed by atoms with Crippen LogP contribution < -0.4 is 11.1 Å². The van der Waals surface area contributed by atoms with Gasteiger partial charge in [0.2, 0.25) is 0 Å². The molecule has 0 aliphatic rings. The third kappa shape index (κ3) is 3.71. The first-order valence-corrected chi connectivity index (χ1v) is 5.14. The van der Waals surface area contributed by atoms with Crippen molar-refractivity contribution in [2.45, 2.75) is 20.4 Å². The number of nitrogens with one attached hydrogen (secondary N) is 1. The monoisotopic (exact) mass is 210 g/mol. The van der Waals surface area contributed by atoms with Crippen LogP contribution in [0, 0.1) is 5.92 Å². The second-order valence-electron chi connectivity index (χ2n) is 3.88. The van der Waals surface area contributed by atoms with Gasteiger partial charge in [-0.1, -0.05) is 13.8 Å². The lowest BCUT2D eigenvalue weighted by molar-refractivity contribution is 0.0949. The number of hydrogen-bond donors (Lipinski definition) is 2. The molecule has 0 aliphatic carbocycles. The van der Waals surface area contributed by atoms with Crippen LogP contribution in [0.1, 0.15) is 24.2 Å². The number of carbonyl (C=O) groups is 1. The largest absolute Gasteiger partial charge is 0.352 e. The fourth-order valence-corrected chi connectivity index (χ4v) is 1.13. The Hall–Kier alpha value is -1.36. The highest BCUT2D eigenvalue weighted by Gasteiger charge is 2.08. The van der Waals surface area contributed by atoms with Crippen LogP contribution >= 0.6 is 0 Å². The van der Waals surface area contributed by atoms with Crippen molar-refractivity contribution in [3.8, 4) is 0 Å². The average molecular weight is 210 g/mol.